The SMILES string of the molecule is CCCCN1C/C=C\CCC(=O)N[C@H](COC)[C@@H](c2ccccc2)OC(=O)[C@@H]2[C@H]3O[C@@]4(C=C3Br)[C@H](C1=O)N([C@H](CO)c1ccccc1)C(=O)[C@@H]24. The van der Waals surface area contributed by atoms with E-state index in [-0.39, 0.29) is 31.4 Å². The fourth-order valence-corrected chi connectivity index (χ4v) is 8.55. The average molecular weight is 751 g/mol. The van der Waals surface area contributed by atoms with Crippen molar-refractivity contribution < 1.29 is 38.5 Å². The van der Waals surface area contributed by atoms with Crippen LogP contribution >= 0.6 is 15.9 Å². The Morgan fingerprint density at radius 3 is 2.42 bits per heavy atom. The van der Waals surface area contributed by atoms with Crippen LogP contribution in [0, 0.1) is 11.8 Å². The highest BCUT2D eigenvalue weighted by atomic mass is 79.9. The lowest BCUT2D eigenvalue weighted by Crippen LogP contribution is -2.57. The van der Waals surface area contributed by atoms with Gasteiger partial charge in [-0.15, -0.1) is 0 Å². The molecule has 12 heteroatoms. The third kappa shape index (κ3) is 6.66. The summed E-state index contributed by atoms with van der Waals surface area (Å²) in [7, 11) is 1.51. The Kier molecular flexibility index (Phi) is 11.2. The van der Waals surface area contributed by atoms with Crippen molar-refractivity contribution in [1.29, 1.82) is 0 Å². The first-order chi connectivity index (χ1) is 24.2. The minimum Gasteiger partial charge on any atom is -0.455 e. The van der Waals surface area contributed by atoms with E-state index < -0.39 is 66.3 Å². The number of likely N-dealkylation sites (tertiary alicyclic amines) is 1. The molecular formula is C38H44BrN3O8. The van der Waals surface area contributed by atoms with Gasteiger partial charge in [0.25, 0.3) is 0 Å². The highest BCUT2D eigenvalue weighted by molar-refractivity contribution is 9.11. The Morgan fingerprint density at radius 2 is 1.74 bits per heavy atom. The molecule has 2 aromatic carbocycles. The molecule has 2 aromatic rings. The van der Waals surface area contributed by atoms with Crippen LogP contribution in [0.5, 0.6) is 0 Å². The zero-order chi connectivity index (χ0) is 35.4. The second kappa shape index (κ2) is 15.6. The molecule has 2 fully saturated rings. The number of carbonyl (C=O) groups excluding carboxylic acids is 4. The van der Waals surface area contributed by atoms with Crippen LogP contribution in [0.2, 0.25) is 0 Å². The molecule has 266 valence electrons. The third-order valence-corrected chi connectivity index (χ3v) is 10.8. The summed E-state index contributed by atoms with van der Waals surface area (Å²) in [6.45, 7) is 2.31. The number of unbranched alkanes of at least 4 members (excludes halogenated alkanes) is 1. The molecule has 0 unspecified atom stereocenters. The number of allylic oxidation sites excluding steroid dienone is 1. The van der Waals surface area contributed by atoms with Crippen molar-refractivity contribution in [3.8, 4) is 0 Å². The predicted molar refractivity (Wildman–Crippen MR) is 187 cm³/mol. The lowest BCUT2D eigenvalue weighted by Gasteiger charge is -2.39. The van der Waals surface area contributed by atoms with Crippen molar-refractivity contribution in [2.75, 3.05) is 33.4 Å². The molecule has 4 heterocycles. The maximum Gasteiger partial charge on any atom is 0.313 e. The van der Waals surface area contributed by atoms with Crippen LogP contribution in [0.4, 0.5) is 0 Å². The van der Waals surface area contributed by atoms with Gasteiger partial charge in [-0.2, -0.15) is 0 Å². The summed E-state index contributed by atoms with van der Waals surface area (Å²) in [6, 6.07) is 15.4. The molecular weight excluding hydrogens is 706 g/mol. The Morgan fingerprint density at radius 1 is 1.02 bits per heavy atom. The molecule has 11 nitrogen and oxygen atoms in total. The Balaban J connectivity index is 1.49. The Labute approximate surface area is 300 Å². The molecule has 0 saturated carbocycles. The van der Waals surface area contributed by atoms with Gasteiger partial charge in [-0.1, -0.05) is 102 Å². The van der Waals surface area contributed by atoms with Crippen LogP contribution in [0.25, 0.3) is 0 Å². The molecule has 2 N–H and O–H groups in total. The number of aliphatic hydroxyl groups is 1. The van der Waals surface area contributed by atoms with Crippen molar-refractivity contribution >= 4 is 39.6 Å². The molecule has 1 spiro atoms. The first-order valence-corrected chi connectivity index (χ1v) is 18.1. The van der Waals surface area contributed by atoms with Crippen LogP contribution in [-0.4, -0.2) is 95.8 Å². The van der Waals surface area contributed by atoms with Crippen molar-refractivity contribution in [2.24, 2.45) is 11.8 Å². The van der Waals surface area contributed by atoms with Gasteiger partial charge in [0.2, 0.25) is 17.7 Å². The zero-order valence-electron chi connectivity index (χ0n) is 28.3. The highest BCUT2D eigenvalue weighted by Gasteiger charge is 2.75. The van der Waals surface area contributed by atoms with Gasteiger partial charge in [0.15, 0.2) is 0 Å². The number of rotatable bonds is 9. The number of hydrogen-bond acceptors (Lipinski definition) is 8. The van der Waals surface area contributed by atoms with Crippen LogP contribution in [0.3, 0.4) is 0 Å². The number of cyclic esters (lactones) is 1. The Hall–Kier alpha value is -3.84. The van der Waals surface area contributed by atoms with Gasteiger partial charge in [0.1, 0.15) is 29.8 Å². The van der Waals surface area contributed by atoms with Gasteiger partial charge in [-0.25, -0.2) is 0 Å². The molecule has 2 saturated heterocycles. The molecule has 4 aliphatic rings. The fraction of sp³-hybridized carbons (Fsp3) is 0.474. The monoisotopic (exact) mass is 749 g/mol. The summed E-state index contributed by atoms with van der Waals surface area (Å²) in [5.74, 6) is -4.00. The maximum atomic E-state index is 14.9. The van der Waals surface area contributed by atoms with E-state index in [9.17, 15) is 24.3 Å². The van der Waals surface area contributed by atoms with Gasteiger partial charge in [-0.3, -0.25) is 19.2 Å². The van der Waals surface area contributed by atoms with Crippen LogP contribution in [0.15, 0.2) is 83.4 Å². The van der Waals surface area contributed by atoms with Gasteiger partial charge in [0, 0.05) is 31.1 Å². The summed E-state index contributed by atoms with van der Waals surface area (Å²) in [5.41, 5.74) is -0.217. The van der Waals surface area contributed by atoms with E-state index in [1.54, 1.807) is 23.1 Å². The summed E-state index contributed by atoms with van der Waals surface area (Å²) in [4.78, 5) is 60.7. The summed E-state index contributed by atoms with van der Waals surface area (Å²) in [6.07, 6.45) is 5.81. The van der Waals surface area contributed by atoms with E-state index in [1.165, 1.54) is 12.0 Å². The van der Waals surface area contributed by atoms with Gasteiger partial charge >= 0.3 is 5.97 Å². The standard InChI is InChI=1S/C38H44BrN3O8/c1-3-4-19-41-20-13-7-12-18-29(44)40-27(23-48-2)32(25-16-10-6-11-17-25)49-37(47)30-31-35(45)42(28(22-43)24-14-8-5-9-15-24)34(36(41)46)38(31)21-26(39)33(30)50-38/h5-11,13-17,21,27-28,30-34,43H,3-4,12,18-20,22-23H2,1-2H3,(H,40,44)/b13-7-/t27-,28-,30+,31-,32-,33+,34+,38-/m1/s1. The number of nitrogens with zero attached hydrogens (tertiary/aromatic N) is 2. The first kappa shape index (κ1) is 36.0. The molecule has 3 amide bonds. The number of hydrogen-bond donors (Lipinski definition) is 2. The summed E-state index contributed by atoms with van der Waals surface area (Å²) in [5, 5.41) is 13.9. The number of nitrogens with one attached hydrogen (secondary N) is 1. The van der Waals surface area contributed by atoms with E-state index >= 15 is 0 Å². The molecule has 0 radical (unpaired) electrons. The third-order valence-electron chi connectivity index (χ3n) is 10.1. The summed E-state index contributed by atoms with van der Waals surface area (Å²) < 4.78 is 19.0. The topological polar surface area (TPSA) is 135 Å². The van der Waals surface area contributed by atoms with Crippen molar-refractivity contribution in [1.82, 2.24) is 15.1 Å². The normalized spacial score (nSPS) is 31.2. The number of amides is 3. The first-order valence-electron chi connectivity index (χ1n) is 17.3. The number of carbonyl (C=O) groups is 4. The van der Waals surface area contributed by atoms with E-state index in [4.69, 9.17) is 14.2 Å². The van der Waals surface area contributed by atoms with Crippen LogP contribution in [0.1, 0.15) is 55.9 Å². The molecule has 0 aromatic heterocycles. The van der Waals surface area contributed by atoms with Crippen molar-refractivity contribution in [2.45, 2.75) is 68.5 Å². The summed E-state index contributed by atoms with van der Waals surface area (Å²) >= 11 is 3.61. The van der Waals surface area contributed by atoms with Gasteiger partial charge in [0.05, 0.1) is 31.2 Å². The minimum absolute atomic E-state index is 0.0565. The number of fused-ring (bicyclic) bond motifs is 2. The number of methoxy groups -OCH3 is 1. The van der Waals surface area contributed by atoms with E-state index in [1.807, 2.05) is 67.6 Å². The van der Waals surface area contributed by atoms with E-state index in [0.29, 0.717) is 28.6 Å². The minimum atomic E-state index is -1.51. The van der Waals surface area contributed by atoms with E-state index in [2.05, 4.69) is 21.2 Å². The number of ether oxygens (including phenoxy) is 3. The fourth-order valence-electron chi connectivity index (χ4n) is 7.81. The molecule has 6 rings (SSSR count). The lowest BCUT2D eigenvalue weighted by molar-refractivity contribution is -0.163. The number of esters is 1. The Bertz CT molecular complexity index is 1620. The second-order valence-electron chi connectivity index (χ2n) is 13.2. The van der Waals surface area contributed by atoms with Gasteiger partial charge < -0.3 is 34.4 Å². The largest absolute Gasteiger partial charge is 0.455 e. The van der Waals surface area contributed by atoms with Crippen LogP contribution < -0.4 is 5.32 Å². The smallest absolute Gasteiger partial charge is 0.313 e. The number of benzene rings is 2. The highest BCUT2D eigenvalue weighted by Crippen LogP contribution is 2.60. The molecule has 4 aliphatic heterocycles. The van der Waals surface area contributed by atoms with Crippen molar-refractivity contribution in [3.05, 3.63) is 94.5 Å². The van der Waals surface area contributed by atoms with Crippen molar-refractivity contribution in [3.63, 3.8) is 0 Å². The quantitative estimate of drug-likeness (QED) is 0.291. The second-order valence-corrected chi connectivity index (χ2v) is 14.1. The molecule has 8 atom stereocenters. The van der Waals surface area contributed by atoms with E-state index in [0.717, 1.165) is 12.8 Å². The zero-order valence-corrected chi connectivity index (χ0v) is 29.9. The molecule has 5 bridgehead atoms. The molecule has 50 heavy (non-hydrogen) atoms. The number of aliphatic hydroxyl groups excluding tert-OH is 1. The average Bonchev–Trinajstić information content (AvgIpc) is 3.72. The van der Waals surface area contributed by atoms with Gasteiger partial charge in [-0.05, 0) is 30.0 Å². The number of halogens is 1. The lowest BCUT2D eigenvalue weighted by atomic mass is 9.74. The predicted octanol–water partition coefficient (Wildman–Crippen LogP) is 3.99. The maximum absolute atomic E-state index is 14.9. The van der Waals surface area contributed by atoms with Crippen LogP contribution in [-0.2, 0) is 33.4 Å². The molecule has 0 aliphatic carbocycles.